The van der Waals surface area contributed by atoms with Gasteiger partial charge in [-0.2, -0.15) is 0 Å². The molecule has 11 atom stereocenters. The van der Waals surface area contributed by atoms with Crippen LogP contribution in [-0.4, -0.2) is 93.5 Å². The number of aliphatic hydroxyl groups is 2. The lowest BCUT2D eigenvalue weighted by atomic mass is 9.55. The molecule has 13 heteroatoms. The first-order valence-corrected chi connectivity index (χ1v) is 13.2. The number of aliphatic hydroxyl groups excluding tert-OH is 1. The Morgan fingerprint density at radius 3 is 1.93 bits per heavy atom. The predicted octanol–water partition coefficient (Wildman–Crippen LogP) is 0.430. The van der Waals surface area contributed by atoms with Crippen molar-refractivity contribution in [3.63, 3.8) is 0 Å². The number of epoxide rings is 1. The molecule has 2 aliphatic heterocycles. The third kappa shape index (κ3) is 4.63. The molecule has 2 fully saturated rings. The summed E-state index contributed by atoms with van der Waals surface area (Å²) in [5.41, 5.74) is -6.81. The quantitative estimate of drug-likeness (QED) is 0.202. The van der Waals surface area contributed by atoms with Gasteiger partial charge in [-0.3, -0.25) is 19.2 Å². The predicted molar refractivity (Wildman–Crippen MR) is 135 cm³/mol. The molecule has 4 rings (SSSR count). The molecule has 0 aromatic heterocycles. The molecule has 2 saturated heterocycles. The number of carbonyl (C=O) groups excluding carboxylic acids is 5. The van der Waals surface area contributed by atoms with Gasteiger partial charge >= 0.3 is 29.8 Å². The Morgan fingerprint density at radius 1 is 0.878 bits per heavy atom. The lowest BCUT2D eigenvalue weighted by Crippen LogP contribution is -2.69. The molecule has 0 bridgehead atoms. The van der Waals surface area contributed by atoms with E-state index in [4.69, 9.17) is 28.4 Å². The van der Waals surface area contributed by atoms with Gasteiger partial charge in [-0.25, -0.2) is 4.79 Å². The van der Waals surface area contributed by atoms with E-state index in [1.165, 1.54) is 45.9 Å². The molecule has 0 saturated carbocycles. The van der Waals surface area contributed by atoms with Gasteiger partial charge in [0, 0.05) is 39.0 Å². The molecule has 2 aliphatic carbocycles. The molecule has 226 valence electrons. The third-order valence-corrected chi connectivity index (χ3v) is 8.62. The number of carbonyl (C=O) groups is 5. The highest BCUT2D eigenvalue weighted by atomic mass is 16.7. The van der Waals surface area contributed by atoms with Crippen LogP contribution >= 0.6 is 0 Å². The number of fused-ring (bicyclic) bond motifs is 1. The first-order valence-electron chi connectivity index (χ1n) is 13.2. The summed E-state index contributed by atoms with van der Waals surface area (Å²) in [6, 6.07) is 0. The monoisotopic (exact) mass is 580 g/mol. The smallest absolute Gasteiger partial charge is 0.342 e. The lowest BCUT2D eigenvalue weighted by Gasteiger charge is -2.55. The van der Waals surface area contributed by atoms with E-state index in [1.807, 2.05) is 0 Å². The van der Waals surface area contributed by atoms with Crippen LogP contribution in [-0.2, 0) is 52.4 Å². The van der Waals surface area contributed by atoms with Gasteiger partial charge in [-0.1, -0.05) is 13.0 Å². The highest BCUT2D eigenvalue weighted by molar-refractivity contribution is 5.89. The molecule has 1 unspecified atom stereocenters. The Kier molecular flexibility index (Phi) is 7.42. The summed E-state index contributed by atoms with van der Waals surface area (Å²) in [6.45, 7) is 10.4. The Bertz CT molecular complexity index is 1240. The van der Waals surface area contributed by atoms with Crippen molar-refractivity contribution in [1.82, 2.24) is 0 Å². The maximum atomic E-state index is 13.1. The topological polar surface area (TPSA) is 184 Å². The fourth-order valence-electron chi connectivity index (χ4n) is 6.88. The highest BCUT2D eigenvalue weighted by Gasteiger charge is 2.88. The zero-order valence-electron chi connectivity index (χ0n) is 24.2. The van der Waals surface area contributed by atoms with Gasteiger partial charge in [0.25, 0.3) is 0 Å². The van der Waals surface area contributed by atoms with Crippen LogP contribution in [0.25, 0.3) is 0 Å². The summed E-state index contributed by atoms with van der Waals surface area (Å²) in [4.78, 5) is 62.3. The number of hydrogen-bond acceptors (Lipinski definition) is 13. The molecule has 0 amide bonds. The number of ether oxygens (including phenoxy) is 6. The van der Waals surface area contributed by atoms with Gasteiger partial charge in [0.1, 0.15) is 30.0 Å². The second-order valence-corrected chi connectivity index (χ2v) is 11.7. The third-order valence-electron chi connectivity index (χ3n) is 8.62. The van der Waals surface area contributed by atoms with E-state index in [-0.39, 0.29) is 5.57 Å². The number of esters is 5. The van der Waals surface area contributed by atoms with Gasteiger partial charge in [-0.05, 0) is 38.5 Å². The molecule has 0 aromatic carbocycles. The molecule has 2 N–H and O–H groups in total. The first-order chi connectivity index (χ1) is 18.8. The minimum Gasteiger partial charge on any atom is -0.459 e. The summed E-state index contributed by atoms with van der Waals surface area (Å²) >= 11 is 0. The Labute approximate surface area is 236 Å². The zero-order chi connectivity index (χ0) is 30.9. The van der Waals surface area contributed by atoms with Crippen LogP contribution in [0.15, 0.2) is 23.8 Å². The molecule has 4 aliphatic rings. The second-order valence-electron chi connectivity index (χ2n) is 11.7. The normalized spacial score (nSPS) is 45.9. The summed E-state index contributed by atoms with van der Waals surface area (Å²) < 4.78 is 34.2. The van der Waals surface area contributed by atoms with E-state index in [1.54, 1.807) is 0 Å². The first kappa shape index (κ1) is 30.7. The van der Waals surface area contributed by atoms with E-state index in [9.17, 15) is 34.2 Å². The van der Waals surface area contributed by atoms with Crippen LogP contribution in [0.1, 0.15) is 55.4 Å². The zero-order valence-corrected chi connectivity index (χ0v) is 24.2. The molecular formula is C28H36O13. The van der Waals surface area contributed by atoms with E-state index < -0.39 is 94.6 Å². The molecule has 0 radical (unpaired) electrons. The number of hydrogen-bond donors (Lipinski definition) is 2. The fourth-order valence-corrected chi connectivity index (χ4v) is 6.88. The Balaban J connectivity index is 2.09. The van der Waals surface area contributed by atoms with Crippen LogP contribution in [0, 0.1) is 11.3 Å². The molecule has 1 spiro atoms. The lowest BCUT2D eigenvalue weighted by molar-refractivity contribution is -0.230. The van der Waals surface area contributed by atoms with Crippen molar-refractivity contribution in [2.45, 2.75) is 109 Å². The standard InChI is InChI=1S/C28H36O13/c1-12-11-18-28(27(8,41-28)24(34)40-18)23(39-16(5)32)21-25(6,10-9-17(26(21,7)35)36-13(2)29)22(38-15(4)31)19(33)20(12)37-14(3)30/h9-11,17-23,33,35H,1-8H3/b12-11-/t17-,18+,19-,20+,21-,22+,23-,25?,26-,27+,28+/m1/s1. The van der Waals surface area contributed by atoms with Crippen molar-refractivity contribution >= 4 is 29.8 Å². The van der Waals surface area contributed by atoms with Crippen molar-refractivity contribution in [2.24, 2.45) is 11.3 Å². The maximum absolute atomic E-state index is 13.1. The molecule has 41 heavy (non-hydrogen) atoms. The van der Waals surface area contributed by atoms with E-state index in [0.29, 0.717) is 0 Å². The maximum Gasteiger partial charge on any atom is 0.342 e. The summed E-state index contributed by atoms with van der Waals surface area (Å²) in [6.07, 6.45) is -4.40. The summed E-state index contributed by atoms with van der Waals surface area (Å²) in [5, 5.41) is 23.9. The SMILES string of the molecule is CC(=O)O[C@@H]1[C@@H]2C(C)(C=C[C@@H](OC(C)=O)[C@@]2(C)O)[C@@H](OC(C)=O)[C@H](O)[C@@H](OC(C)=O)/C(C)=C\[C@@H]2OC(=O)[C@]3(C)O[C@@]213. The van der Waals surface area contributed by atoms with Gasteiger partial charge < -0.3 is 38.6 Å². The Hall–Kier alpha value is -3.29. The van der Waals surface area contributed by atoms with Crippen LogP contribution in [0.4, 0.5) is 0 Å². The molecule has 0 aromatic rings. The largest absolute Gasteiger partial charge is 0.459 e. The number of rotatable bonds is 4. The molecule has 2 heterocycles. The van der Waals surface area contributed by atoms with Crippen molar-refractivity contribution in [2.75, 3.05) is 0 Å². The fraction of sp³-hybridized carbons (Fsp3) is 0.679. The van der Waals surface area contributed by atoms with E-state index >= 15 is 0 Å². The molecule has 13 nitrogen and oxygen atoms in total. The summed E-state index contributed by atoms with van der Waals surface area (Å²) in [7, 11) is 0. The average molecular weight is 581 g/mol. The van der Waals surface area contributed by atoms with Crippen molar-refractivity contribution in [3.05, 3.63) is 23.8 Å². The van der Waals surface area contributed by atoms with Crippen LogP contribution < -0.4 is 0 Å². The minimum absolute atomic E-state index is 0.231. The van der Waals surface area contributed by atoms with Gasteiger partial charge in [0.2, 0.25) is 0 Å². The average Bonchev–Trinajstić information content (AvgIpc) is 3.42. The van der Waals surface area contributed by atoms with Crippen molar-refractivity contribution in [3.8, 4) is 0 Å². The van der Waals surface area contributed by atoms with Crippen molar-refractivity contribution < 1.29 is 62.6 Å². The molecular weight excluding hydrogens is 544 g/mol. The van der Waals surface area contributed by atoms with Crippen molar-refractivity contribution in [1.29, 1.82) is 0 Å². The second kappa shape index (κ2) is 9.92. The summed E-state index contributed by atoms with van der Waals surface area (Å²) in [5.74, 6) is -5.23. The van der Waals surface area contributed by atoms with Gasteiger partial charge in [0.05, 0.1) is 0 Å². The van der Waals surface area contributed by atoms with Crippen LogP contribution in [0.5, 0.6) is 0 Å². The minimum atomic E-state index is -2.08. The van der Waals surface area contributed by atoms with Gasteiger partial charge in [-0.15, -0.1) is 0 Å². The Morgan fingerprint density at radius 2 is 1.41 bits per heavy atom. The van der Waals surface area contributed by atoms with Crippen LogP contribution in [0.2, 0.25) is 0 Å². The van der Waals surface area contributed by atoms with Crippen LogP contribution in [0.3, 0.4) is 0 Å². The highest BCUT2D eigenvalue weighted by Crippen LogP contribution is 2.65. The van der Waals surface area contributed by atoms with E-state index in [2.05, 4.69) is 0 Å². The van der Waals surface area contributed by atoms with E-state index in [0.717, 1.165) is 27.7 Å². The van der Waals surface area contributed by atoms with Gasteiger partial charge in [0.15, 0.2) is 23.4 Å².